The average molecular weight is 249 g/mol. The van der Waals surface area contributed by atoms with Crippen molar-refractivity contribution in [3.63, 3.8) is 0 Å². The van der Waals surface area contributed by atoms with Gasteiger partial charge in [0.25, 0.3) is 0 Å². The third kappa shape index (κ3) is 2.85. The Morgan fingerprint density at radius 3 is 2.88 bits per heavy atom. The van der Waals surface area contributed by atoms with Crippen molar-refractivity contribution in [3.8, 4) is 0 Å². The van der Waals surface area contributed by atoms with Crippen LogP contribution in [0.3, 0.4) is 0 Å². The van der Waals surface area contributed by atoms with Crippen LogP contribution in [-0.4, -0.2) is 15.2 Å². The van der Waals surface area contributed by atoms with Gasteiger partial charge >= 0.3 is 0 Å². The maximum Gasteiger partial charge on any atom is 0.0794 e. The molecule has 2 aromatic rings. The van der Waals surface area contributed by atoms with Gasteiger partial charge in [-0.2, -0.15) is 10.2 Å². The quantitative estimate of drug-likeness (QED) is 0.631. The molecule has 2 heterocycles. The summed E-state index contributed by atoms with van der Waals surface area (Å²) >= 11 is 1.63. The second-order valence-corrected chi connectivity index (χ2v) is 4.89. The molecule has 90 valence electrons. The zero-order chi connectivity index (χ0) is 12.3. The number of nitrogens with one attached hydrogen (secondary N) is 1. The van der Waals surface area contributed by atoms with Gasteiger partial charge < -0.3 is 0 Å². The van der Waals surface area contributed by atoms with E-state index in [0.717, 1.165) is 23.4 Å². The predicted octanol–water partition coefficient (Wildman–Crippen LogP) is 1.30. The lowest BCUT2D eigenvalue weighted by Gasteiger charge is -2.17. The molecular formula is C11H15N5S. The molecule has 0 fully saturated rings. The summed E-state index contributed by atoms with van der Waals surface area (Å²) in [5.41, 5.74) is 7.56. The highest BCUT2D eigenvalue weighted by atomic mass is 32.1. The molecule has 0 saturated carbocycles. The Morgan fingerprint density at radius 2 is 2.24 bits per heavy atom. The second kappa shape index (κ2) is 5.31. The molecule has 0 aliphatic rings. The lowest BCUT2D eigenvalue weighted by atomic mass is 10.0. The van der Waals surface area contributed by atoms with Crippen molar-refractivity contribution in [2.45, 2.75) is 26.3 Å². The van der Waals surface area contributed by atoms with Gasteiger partial charge in [0.2, 0.25) is 0 Å². The van der Waals surface area contributed by atoms with Crippen LogP contribution < -0.4 is 11.3 Å². The van der Waals surface area contributed by atoms with Gasteiger partial charge in [-0.25, -0.2) is 0 Å². The van der Waals surface area contributed by atoms with Crippen LogP contribution in [0.25, 0.3) is 0 Å². The molecule has 0 aliphatic carbocycles. The Balaban J connectivity index is 2.25. The van der Waals surface area contributed by atoms with Gasteiger partial charge in [-0.1, -0.05) is 0 Å². The molecular weight excluding hydrogens is 234 g/mol. The van der Waals surface area contributed by atoms with Gasteiger partial charge in [-0.3, -0.25) is 16.3 Å². The first-order chi connectivity index (χ1) is 8.20. The topological polar surface area (TPSA) is 76.7 Å². The average Bonchev–Trinajstić information content (AvgIpc) is 2.82. The highest BCUT2D eigenvalue weighted by Crippen LogP contribution is 2.21. The fourth-order valence-corrected chi connectivity index (χ4v) is 2.37. The normalized spacial score (nSPS) is 12.6. The zero-order valence-electron chi connectivity index (χ0n) is 9.84. The molecule has 0 radical (unpaired) electrons. The standard InChI is InChI=1S/C11H15N5S/c1-7-3-10(8(2)16-15-7)11(14-12)4-9-5-13-6-17-9/h3,5-6,11,14H,4,12H2,1-2H3. The van der Waals surface area contributed by atoms with Crippen LogP contribution in [0.1, 0.15) is 27.9 Å². The molecule has 17 heavy (non-hydrogen) atoms. The molecule has 0 aliphatic heterocycles. The number of aryl methyl sites for hydroxylation is 2. The summed E-state index contributed by atoms with van der Waals surface area (Å²) in [4.78, 5) is 5.26. The molecule has 3 N–H and O–H groups in total. The molecule has 0 saturated heterocycles. The molecule has 0 spiro atoms. The maximum atomic E-state index is 5.63. The molecule has 1 atom stereocenters. The van der Waals surface area contributed by atoms with Gasteiger partial charge in [0.05, 0.1) is 22.9 Å². The van der Waals surface area contributed by atoms with Crippen molar-refractivity contribution in [3.05, 3.63) is 39.6 Å². The van der Waals surface area contributed by atoms with E-state index >= 15 is 0 Å². The van der Waals surface area contributed by atoms with Crippen LogP contribution in [0.2, 0.25) is 0 Å². The van der Waals surface area contributed by atoms with Crippen LogP contribution in [0.4, 0.5) is 0 Å². The predicted molar refractivity (Wildman–Crippen MR) is 67.4 cm³/mol. The number of hydrogen-bond donors (Lipinski definition) is 2. The molecule has 0 bridgehead atoms. The van der Waals surface area contributed by atoms with E-state index in [1.165, 1.54) is 4.88 Å². The molecule has 5 nitrogen and oxygen atoms in total. The summed E-state index contributed by atoms with van der Waals surface area (Å²) in [6.45, 7) is 3.87. The van der Waals surface area contributed by atoms with E-state index < -0.39 is 0 Å². The SMILES string of the molecule is Cc1cc(C(Cc2cncs2)NN)c(C)nn1. The fourth-order valence-electron chi connectivity index (χ4n) is 1.73. The van der Waals surface area contributed by atoms with E-state index in [2.05, 4.69) is 20.6 Å². The van der Waals surface area contributed by atoms with Gasteiger partial charge in [-0.05, 0) is 25.5 Å². The first-order valence-corrected chi connectivity index (χ1v) is 6.23. The summed E-state index contributed by atoms with van der Waals surface area (Å²) in [5, 5.41) is 8.14. The minimum Gasteiger partial charge on any atom is -0.271 e. The summed E-state index contributed by atoms with van der Waals surface area (Å²) in [5.74, 6) is 5.63. The van der Waals surface area contributed by atoms with Gasteiger partial charge in [0, 0.05) is 17.5 Å². The molecule has 2 rings (SSSR count). The highest BCUT2D eigenvalue weighted by molar-refractivity contribution is 7.09. The molecule has 0 aromatic carbocycles. The molecule has 6 heteroatoms. The summed E-state index contributed by atoms with van der Waals surface area (Å²) in [7, 11) is 0. The Labute approximate surface area is 104 Å². The number of aromatic nitrogens is 3. The number of thiazole rings is 1. The van der Waals surface area contributed by atoms with E-state index in [9.17, 15) is 0 Å². The smallest absolute Gasteiger partial charge is 0.0794 e. The molecule has 0 amide bonds. The second-order valence-electron chi connectivity index (χ2n) is 3.92. The van der Waals surface area contributed by atoms with Gasteiger partial charge in [-0.15, -0.1) is 11.3 Å². The van der Waals surface area contributed by atoms with Crippen LogP contribution in [-0.2, 0) is 6.42 Å². The number of nitrogens with zero attached hydrogens (tertiary/aromatic N) is 3. The largest absolute Gasteiger partial charge is 0.271 e. The van der Waals surface area contributed by atoms with E-state index in [0.29, 0.717) is 0 Å². The third-order valence-electron chi connectivity index (χ3n) is 2.61. The van der Waals surface area contributed by atoms with Crippen molar-refractivity contribution < 1.29 is 0 Å². The third-order valence-corrected chi connectivity index (χ3v) is 3.41. The van der Waals surface area contributed by atoms with Crippen LogP contribution >= 0.6 is 11.3 Å². The molecule has 2 aromatic heterocycles. The van der Waals surface area contributed by atoms with Crippen LogP contribution in [0.5, 0.6) is 0 Å². The first kappa shape index (κ1) is 12.1. The Morgan fingerprint density at radius 1 is 1.41 bits per heavy atom. The van der Waals surface area contributed by atoms with E-state index in [1.54, 1.807) is 11.3 Å². The Hall–Kier alpha value is -1.37. The monoisotopic (exact) mass is 249 g/mol. The minimum absolute atomic E-state index is 0.0460. The fraction of sp³-hybridized carbons (Fsp3) is 0.364. The van der Waals surface area contributed by atoms with Crippen LogP contribution in [0, 0.1) is 13.8 Å². The number of hydrazine groups is 1. The van der Waals surface area contributed by atoms with Gasteiger partial charge in [0.1, 0.15) is 0 Å². The summed E-state index contributed by atoms with van der Waals surface area (Å²) < 4.78 is 0. The van der Waals surface area contributed by atoms with E-state index in [1.807, 2.05) is 31.6 Å². The highest BCUT2D eigenvalue weighted by Gasteiger charge is 2.15. The summed E-state index contributed by atoms with van der Waals surface area (Å²) in [6, 6.07) is 2.07. The zero-order valence-corrected chi connectivity index (χ0v) is 10.7. The van der Waals surface area contributed by atoms with Crippen LogP contribution in [0.15, 0.2) is 17.8 Å². The minimum atomic E-state index is 0.0460. The van der Waals surface area contributed by atoms with Crippen molar-refractivity contribution in [2.24, 2.45) is 5.84 Å². The number of hydrogen-bond acceptors (Lipinski definition) is 6. The lowest BCUT2D eigenvalue weighted by molar-refractivity contribution is 0.547. The van der Waals surface area contributed by atoms with Crippen molar-refractivity contribution in [1.82, 2.24) is 20.6 Å². The lowest BCUT2D eigenvalue weighted by Crippen LogP contribution is -2.30. The number of nitrogens with two attached hydrogens (primary N) is 1. The first-order valence-electron chi connectivity index (χ1n) is 5.35. The van der Waals surface area contributed by atoms with E-state index in [4.69, 9.17) is 5.84 Å². The van der Waals surface area contributed by atoms with Crippen molar-refractivity contribution in [2.75, 3.05) is 0 Å². The Kier molecular flexibility index (Phi) is 3.78. The van der Waals surface area contributed by atoms with Gasteiger partial charge in [0.15, 0.2) is 0 Å². The maximum absolute atomic E-state index is 5.63. The Bertz CT molecular complexity index is 483. The van der Waals surface area contributed by atoms with E-state index in [-0.39, 0.29) is 6.04 Å². The molecule has 1 unspecified atom stereocenters. The van der Waals surface area contributed by atoms with Crippen molar-refractivity contribution >= 4 is 11.3 Å². The van der Waals surface area contributed by atoms with Crippen molar-refractivity contribution in [1.29, 1.82) is 0 Å². The number of rotatable bonds is 4. The summed E-state index contributed by atoms with van der Waals surface area (Å²) in [6.07, 6.45) is 2.68.